The van der Waals surface area contributed by atoms with Gasteiger partial charge in [-0.05, 0) is 18.7 Å². The van der Waals surface area contributed by atoms with Crippen molar-refractivity contribution in [3.8, 4) is 0 Å². The number of hydrogen-bond donors (Lipinski definition) is 4. The highest BCUT2D eigenvalue weighted by molar-refractivity contribution is 8.07. The van der Waals surface area contributed by atoms with Gasteiger partial charge in [0.05, 0.1) is 26.4 Å². The summed E-state index contributed by atoms with van der Waals surface area (Å²) in [5.41, 5.74) is 4.34. The van der Waals surface area contributed by atoms with Crippen LogP contribution in [0.4, 0.5) is 5.82 Å². The number of aryl methyl sites for hydroxylation is 1. The highest BCUT2D eigenvalue weighted by Crippen LogP contribution is 2.54. The van der Waals surface area contributed by atoms with E-state index >= 15 is 0 Å². The van der Waals surface area contributed by atoms with Gasteiger partial charge in [0, 0.05) is 18.2 Å². The predicted octanol–water partition coefficient (Wildman–Crippen LogP) is -1.21. The Hall–Kier alpha value is -0.950. The van der Waals surface area contributed by atoms with Crippen molar-refractivity contribution in [1.82, 2.24) is 9.55 Å². The molecule has 2 bridgehead atoms. The zero-order valence-electron chi connectivity index (χ0n) is 14.6. The summed E-state index contributed by atoms with van der Waals surface area (Å²) >= 11 is 4.96. The average Bonchev–Trinajstić information content (AvgIpc) is 2.78. The molecule has 5 atom stereocenters. The second kappa shape index (κ2) is 7.82. The lowest BCUT2D eigenvalue weighted by molar-refractivity contribution is -0.138. The van der Waals surface area contributed by atoms with Crippen molar-refractivity contribution in [2.75, 3.05) is 32.2 Å². The summed E-state index contributed by atoms with van der Waals surface area (Å²) < 4.78 is 23.5. The molecule has 11 nitrogen and oxygen atoms in total. The van der Waals surface area contributed by atoms with Gasteiger partial charge in [0.15, 0.2) is 6.23 Å². The molecule has 0 aromatic carbocycles. The molecule has 1 aromatic rings. The van der Waals surface area contributed by atoms with Gasteiger partial charge in [0.25, 0.3) is 0 Å². The molecule has 0 amide bonds. The number of hydrogen-bond acceptors (Lipinski definition) is 10. The lowest BCUT2D eigenvalue weighted by atomic mass is 9.90. The van der Waals surface area contributed by atoms with E-state index in [1.807, 2.05) is 0 Å². The number of nitrogen functional groups attached to an aromatic ring is 1. The van der Waals surface area contributed by atoms with Gasteiger partial charge in [-0.2, -0.15) is 4.98 Å². The molecule has 13 heteroatoms. The molecule has 2 aliphatic rings. The number of nitrogens with two attached hydrogens (primary N) is 1. The van der Waals surface area contributed by atoms with Gasteiger partial charge in [0.1, 0.15) is 23.6 Å². The van der Waals surface area contributed by atoms with Crippen molar-refractivity contribution in [3.05, 3.63) is 22.2 Å². The number of nitrogens with zero attached hydrogens (tertiary/aromatic N) is 2. The highest BCUT2D eigenvalue weighted by Gasteiger charge is 2.61. The van der Waals surface area contributed by atoms with Gasteiger partial charge in [-0.15, -0.1) is 0 Å². The molecule has 5 N–H and O–H groups in total. The second-order valence-corrected chi connectivity index (χ2v) is 9.16. The van der Waals surface area contributed by atoms with E-state index in [1.165, 1.54) is 10.8 Å². The molecule has 0 aliphatic carbocycles. The van der Waals surface area contributed by atoms with Crippen molar-refractivity contribution in [3.63, 3.8) is 0 Å². The number of aromatic nitrogens is 2. The first kappa shape index (κ1) is 20.8. The molecule has 1 unspecified atom stereocenters. The zero-order chi connectivity index (χ0) is 19.8. The van der Waals surface area contributed by atoms with Crippen LogP contribution in [0, 0.1) is 6.92 Å². The Labute approximate surface area is 159 Å². The minimum atomic E-state index is -3.74. The minimum Gasteiger partial charge on any atom is -0.394 e. The topological polar surface area (TPSA) is 159 Å². The molecule has 2 fully saturated rings. The number of anilines is 1. The number of rotatable bonds is 7. The lowest BCUT2D eigenvalue weighted by Gasteiger charge is -2.38. The third kappa shape index (κ3) is 3.95. The SMILES string of the molecule is Cc1cn([C@@H]2O[C@@]3(CO)CCO[C@@H]2[C@@H]3OP(O)(=S)OCCO)c(=O)nc1N. The molecule has 0 spiro atoms. The van der Waals surface area contributed by atoms with Gasteiger partial charge in [-0.3, -0.25) is 9.09 Å². The number of fused-ring (bicyclic) bond motifs is 2. The van der Waals surface area contributed by atoms with Crippen LogP contribution < -0.4 is 11.4 Å². The largest absolute Gasteiger partial charge is 0.394 e. The fourth-order valence-electron chi connectivity index (χ4n) is 3.23. The van der Waals surface area contributed by atoms with Gasteiger partial charge >= 0.3 is 12.4 Å². The van der Waals surface area contributed by atoms with Gasteiger partial charge in [-0.25, -0.2) is 4.79 Å². The van der Waals surface area contributed by atoms with Gasteiger partial charge in [-0.1, -0.05) is 0 Å². The Morgan fingerprint density at radius 1 is 1.56 bits per heavy atom. The van der Waals surface area contributed by atoms with E-state index in [0.717, 1.165) is 0 Å². The average molecular weight is 423 g/mol. The van der Waals surface area contributed by atoms with Crippen LogP contribution in [0.15, 0.2) is 11.0 Å². The number of aliphatic hydroxyl groups excluding tert-OH is 2. The predicted molar refractivity (Wildman–Crippen MR) is 96.4 cm³/mol. The molecule has 3 heterocycles. The number of ether oxygens (including phenoxy) is 2. The van der Waals surface area contributed by atoms with E-state index in [-0.39, 0.29) is 32.1 Å². The standard InChI is InChI=1S/C14H22N3O8PS/c1-8-6-17(13(20)16-11(8)15)12-9-10(25-26(21,27)23-5-3-18)14(7-19,24-12)2-4-22-9/h6,9-10,12,18-19H,2-5,7H2,1H3,(H,21,27)(H2,15,16,20)/t9-,10+,12-,14-,26?/m1/s1. The first-order valence-corrected chi connectivity index (χ1v) is 10.8. The molecule has 0 radical (unpaired) electrons. The summed E-state index contributed by atoms with van der Waals surface area (Å²) in [6.07, 6.45) is -1.05. The van der Waals surface area contributed by atoms with Crippen LogP contribution in [0.3, 0.4) is 0 Å². The Morgan fingerprint density at radius 2 is 2.30 bits per heavy atom. The van der Waals surface area contributed by atoms with Crippen LogP contribution in [0.25, 0.3) is 0 Å². The van der Waals surface area contributed by atoms with Crippen LogP contribution in [-0.2, 0) is 30.3 Å². The van der Waals surface area contributed by atoms with Crippen LogP contribution in [0.1, 0.15) is 18.2 Å². The monoisotopic (exact) mass is 423 g/mol. The van der Waals surface area contributed by atoms with Crippen molar-refractivity contribution in [2.24, 2.45) is 0 Å². The lowest BCUT2D eigenvalue weighted by Crippen LogP contribution is -2.52. The summed E-state index contributed by atoms with van der Waals surface area (Å²) in [6.45, 7) is -2.79. The van der Waals surface area contributed by atoms with Crippen molar-refractivity contribution in [1.29, 1.82) is 0 Å². The molecule has 152 valence electrons. The molecule has 3 rings (SSSR count). The first-order valence-electron chi connectivity index (χ1n) is 8.25. The van der Waals surface area contributed by atoms with E-state index in [0.29, 0.717) is 5.56 Å². The van der Waals surface area contributed by atoms with Crippen LogP contribution in [0.5, 0.6) is 0 Å². The summed E-state index contributed by atoms with van der Waals surface area (Å²) in [5.74, 6) is 0.103. The summed E-state index contributed by atoms with van der Waals surface area (Å²) in [5, 5.41) is 18.8. The van der Waals surface area contributed by atoms with E-state index < -0.39 is 43.1 Å². The molecule has 0 saturated carbocycles. The van der Waals surface area contributed by atoms with Crippen molar-refractivity contribution >= 4 is 24.3 Å². The van der Waals surface area contributed by atoms with Crippen molar-refractivity contribution < 1.29 is 33.6 Å². The Kier molecular flexibility index (Phi) is 6.02. The highest BCUT2D eigenvalue weighted by atomic mass is 32.5. The molecule has 27 heavy (non-hydrogen) atoms. The Morgan fingerprint density at radius 3 is 2.96 bits per heavy atom. The fourth-order valence-corrected chi connectivity index (χ4v) is 4.71. The van der Waals surface area contributed by atoms with Crippen LogP contribution >= 0.6 is 6.72 Å². The van der Waals surface area contributed by atoms with E-state index in [9.17, 15) is 14.8 Å². The van der Waals surface area contributed by atoms with Gasteiger partial charge in [0.2, 0.25) is 0 Å². The Balaban J connectivity index is 1.95. The van der Waals surface area contributed by atoms with Crippen molar-refractivity contribution in [2.45, 2.75) is 37.4 Å². The quantitative estimate of drug-likeness (QED) is 0.390. The molecular formula is C14H22N3O8PS. The molecule has 2 aliphatic heterocycles. The summed E-state index contributed by atoms with van der Waals surface area (Å²) in [4.78, 5) is 26.3. The first-order chi connectivity index (χ1) is 12.7. The summed E-state index contributed by atoms with van der Waals surface area (Å²) in [6, 6.07) is 0. The minimum absolute atomic E-state index is 0.103. The molecule has 1 aromatic heterocycles. The number of aliphatic hydroxyl groups is 2. The Bertz CT molecular complexity index is 807. The maximum Gasteiger partial charge on any atom is 0.351 e. The van der Waals surface area contributed by atoms with E-state index in [4.69, 9.17) is 41.2 Å². The normalized spacial score (nSPS) is 32.4. The zero-order valence-corrected chi connectivity index (χ0v) is 16.3. The molecule has 2 saturated heterocycles. The molecular weight excluding hydrogens is 401 g/mol. The third-order valence-electron chi connectivity index (χ3n) is 4.60. The third-order valence-corrected chi connectivity index (χ3v) is 6.17. The smallest absolute Gasteiger partial charge is 0.351 e. The maximum atomic E-state index is 12.3. The summed E-state index contributed by atoms with van der Waals surface area (Å²) in [7, 11) is 0. The van der Waals surface area contributed by atoms with Gasteiger partial charge < -0.3 is 34.8 Å². The van der Waals surface area contributed by atoms with E-state index in [1.54, 1.807) is 6.92 Å². The fraction of sp³-hybridized carbons (Fsp3) is 0.714. The second-order valence-electron chi connectivity index (χ2n) is 6.37. The van der Waals surface area contributed by atoms with Crippen LogP contribution in [0.2, 0.25) is 0 Å². The van der Waals surface area contributed by atoms with E-state index in [2.05, 4.69) is 4.98 Å². The van der Waals surface area contributed by atoms with Crippen LogP contribution in [-0.4, -0.2) is 68.9 Å². The maximum absolute atomic E-state index is 12.3.